The number of carbonyl (C=O) groups is 1. The van der Waals surface area contributed by atoms with Gasteiger partial charge in [0.2, 0.25) is 0 Å². The second-order valence-corrected chi connectivity index (χ2v) is 7.84. The number of carbonyl (C=O) groups excluding carboxylic acids is 1. The Balaban J connectivity index is 1.30. The zero-order valence-electron chi connectivity index (χ0n) is 13.6. The number of aromatic amines is 1. The lowest BCUT2D eigenvalue weighted by atomic mass is 9.90. The van der Waals surface area contributed by atoms with Gasteiger partial charge in [-0.1, -0.05) is 18.2 Å². The van der Waals surface area contributed by atoms with Crippen LogP contribution in [0.4, 0.5) is 4.79 Å². The Labute approximate surface area is 145 Å². The topological polar surface area (TPSA) is 66.2 Å². The Morgan fingerprint density at radius 3 is 3.17 bits per heavy atom. The van der Waals surface area contributed by atoms with Gasteiger partial charge in [-0.15, -0.1) is 0 Å². The minimum Gasteiger partial charge on any atom is -0.374 e. The maximum Gasteiger partial charge on any atom is 0.315 e. The number of benzene rings is 1. The number of ether oxygens (including phenoxy) is 1. The first kappa shape index (κ1) is 15.8. The molecule has 2 amide bonds. The highest BCUT2D eigenvalue weighted by Gasteiger charge is 2.40. The van der Waals surface area contributed by atoms with Crippen molar-refractivity contribution >= 4 is 28.7 Å². The number of rotatable bonds is 3. The highest BCUT2D eigenvalue weighted by atomic mass is 32.2. The Morgan fingerprint density at radius 1 is 1.42 bits per heavy atom. The normalized spacial score (nSPS) is 26.8. The molecule has 2 aromatic rings. The van der Waals surface area contributed by atoms with Crippen molar-refractivity contribution in [3.63, 3.8) is 0 Å². The number of nitrogens with one attached hydrogen (secondary N) is 3. The van der Waals surface area contributed by atoms with Crippen LogP contribution >= 0.6 is 11.8 Å². The van der Waals surface area contributed by atoms with Crippen molar-refractivity contribution in [2.45, 2.75) is 37.5 Å². The van der Waals surface area contributed by atoms with Crippen LogP contribution < -0.4 is 10.6 Å². The van der Waals surface area contributed by atoms with E-state index in [-0.39, 0.29) is 17.7 Å². The van der Waals surface area contributed by atoms with E-state index in [4.69, 9.17) is 4.74 Å². The summed E-state index contributed by atoms with van der Waals surface area (Å²) in [4.78, 5) is 15.5. The van der Waals surface area contributed by atoms with Crippen LogP contribution in [0.5, 0.6) is 0 Å². The molecule has 0 bridgehead atoms. The van der Waals surface area contributed by atoms with E-state index in [1.54, 1.807) is 0 Å². The molecule has 1 aromatic heterocycles. The van der Waals surface area contributed by atoms with E-state index in [9.17, 15) is 4.79 Å². The van der Waals surface area contributed by atoms with Gasteiger partial charge in [-0.05, 0) is 42.5 Å². The van der Waals surface area contributed by atoms with Crippen molar-refractivity contribution in [2.24, 2.45) is 0 Å². The van der Waals surface area contributed by atoms with Gasteiger partial charge >= 0.3 is 6.03 Å². The van der Waals surface area contributed by atoms with Crippen LogP contribution in [0.1, 0.15) is 25.0 Å². The van der Waals surface area contributed by atoms with Crippen LogP contribution in [0.15, 0.2) is 30.3 Å². The number of H-pyrrole nitrogens is 1. The molecule has 1 spiro atoms. The van der Waals surface area contributed by atoms with Gasteiger partial charge in [0.25, 0.3) is 0 Å². The van der Waals surface area contributed by atoms with Crippen molar-refractivity contribution in [1.82, 2.24) is 15.6 Å². The van der Waals surface area contributed by atoms with Crippen molar-refractivity contribution in [1.29, 1.82) is 0 Å². The average Bonchev–Trinajstić information content (AvgIpc) is 3.19. The lowest BCUT2D eigenvalue weighted by Crippen LogP contribution is -2.50. The van der Waals surface area contributed by atoms with Crippen molar-refractivity contribution in [2.75, 3.05) is 18.1 Å². The van der Waals surface area contributed by atoms with Crippen molar-refractivity contribution < 1.29 is 9.53 Å². The van der Waals surface area contributed by atoms with Crippen LogP contribution in [0, 0.1) is 0 Å². The standard InChI is InChI=1S/C18H23N3O2S/c22-17(19-11-15-9-13-3-1-2-4-16(13)20-15)21-14-5-7-23-18(10-14)6-8-24-12-18/h1-4,9,14,20H,5-8,10-12H2,(H2,19,21,22)/t14-,18-/m0/s1. The lowest BCUT2D eigenvalue weighted by Gasteiger charge is -2.37. The van der Waals surface area contributed by atoms with Gasteiger partial charge in [-0.25, -0.2) is 4.79 Å². The van der Waals surface area contributed by atoms with Crippen molar-refractivity contribution in [3.8, 4) is 0 Å². The number of para-hydroxylation sites is 1. The van der Waals surface area contributed by atoms with Gasteiger partial charge in [0.05, 0.1) is 12.1 Å². The molecule has 0 saturated carbocycles. The largest absolute Gasteiger partial charge is 0.374 e. The molecule has 0 unspecified atom stereocenters. The predicted molar refractivity (Wildman–Crippen MR) is 97.3 cm³/mol. The molecule has 24 heavy (non-hydrogen) atoms. The van der Waals surface area contributed by atoms with Crippen LogP contribution in [0.3, 0.4) is 0 Å². The molecule has 4 rings (SSSR count). The molecule has 1 aromatic carbocycles. The molecule has 2 fully saturated rings. The average molecular weight is 345 g/mol. The van der Waals surface area contributed by atoms with Gasteiger partial charge in [-0.3, -0.25) is 0 Å². The third kappa shape index (κ3) is 3.39. The summed E-state index contributed by atoms with van der Waals surface area (Å²) in [6.45, 7) is 1.25. The Bertz CT molecular complexity index is 691. The number of thioether (sulfide) groups is 1. The Kier molecular flexibility index (Phi) is 4.41. The summed E-state index contributed by atoms with van der Waals surface area (Å²) in [7, 11) is 0. The Hall–Kier alpha value is -1.66. The number of amides is 2. The molecular formula is C18H23N3O2S. The molecule has 5 nitrogen and oxygen atoms in total. The Morgan fingerprint density at radius 2 is 2.33 bits per heavy atom. The fourth-order valence-electron chi connectivity index (χ4n) is 3.65. The van der Waals surface area contributed by atoms with E-state index in [1.165, 1.54) is 11.1 Å². The van der Waals surface area contributed by atoms with Crippen LogP contribution in [-0.4, -0.2) is 40.8 Å². The zero-order valence-corrected chi connectivity index (χ0v) is 14.5. The molecule has 0 radical (unpaired) electrons. The van der Waals surface area contributed by atoms with E-state index in [2.05, 4.69) is 27.8 Å². The molecule has 2 saturated heterocycles. The van der Waals surface area contributed by atoms with E-state index in [0.29, 0.717) is 6.54 Å². The third-order valence-corrected chi connectivity index (χ3v) is 6.14. The second kappa shape index (κ2) is 6.69. The maximum absolute atomic E-state index is 12.2. The monoisotopic (exact) mass is 345 g/mol. The molecule has 128 valence electrons. The third-order valence-electron chi connectivity index (χ3n) is 4.92. The fourth-order valence-corrected chi connectivity index (χ4v) is 5.03. The van der Waals surface area contributed by atoms with Gasteiger partial charge in [0.1, 0.15) is 0 Å². The fraction of sp³-hybridized carbons (Fsp3) is 0.500. The second-order valence-electron chi connectivity index (χ2n) is 6.73. The summed E-state index contributed by atoms with van der Waals surface area (Å²) in [5.74, 6) is 2.22. The van der Waals surface area contributed by atoms with E-state index < -0.39 is 0 Å². The van der Waals surface area contributed by atoms with Crippen LogP contribution in [0.25, 0.3) is 10.9 Å². The smallest absolute Gasteiger partial charge is 0.315 e. The SMILES string of the molecule is O=C(NCc1cc2ccccc2[nH]1)N[C@H]1CCO[C@@]2(CCSC2)C1. The number of hydrogen-bond donors (Lipinski definition) is 3. The summed E-state index contributed by atoms with van der Waals surface area (Å²) in [6, 6.07) is 10.3. The maximum atomic E-state index is 12.2. The number of urea groups is 1. The highest BCUT2D eigenvalue weighted by Crippen LogP contribution is 2.38. The summed E-state index contributed by atoms with van der Waals surface area (Å²) < 4.78 is 6.00. The lowest BCUT2D eigenvalue weighted by molar-refractivity contribution is -0.0684. The molecule has 0 aliphatic carbocycles. The first-order chi connectivity index (χ1) is 11.7. The summed E-state index contributed by atoms with van der Waals surface area (Å²) in [5, 5.41) is 7.25. The predicted octanol–water partition coefficient (Wildman–Crippen LogP) is 3.02. The quantitative estimate of drug-likeness (QED) is 0.801. The number of aromatic nitrogens is 1. The molecule has 2 aliphatic rings. The summed E-state index contributed by atoms with van der Waals surface area (Å²) >= 11 is 1.95. The van der Waals surface area contributed by atoms with Gasteiger partial charge in [0, 0.05) is 29.6 Å². The first-order valence-electron chi connectivity index (χ1n) is 8.55. The molecular weight excluding hydrogens is 322 g/mol. The zero-order chi connectivity index (χ0) is 16.4. The molecule has 2 atom stereocenters. The minimum absolute atomic E-state index is 0.00194. The summed E-state index contributed by atoms with van der Waals surface area (Å²) in [6.07, 6.45) is 2.93. The molecule has 2 aliphatic heterocycles. The molecule has 6 heteroatoms. The number of fused-ring (bicyclic) bond motifs is 1. The molecule has 3 N–H and O–H groups in total. The van der Waals surface area contributed by atoms with E-state index in [1.807, 2.05) is 30.0 Å². The van der Waals surface area contributed by atoms with Crippen molar-refractivity contribution in [3.05, 3.63) is 36.0 Å². The molecule has 3 heterocycles. The first-order valence-corrected chi connectivity index (χ1v) is 9.71. The highest BCUT2D eigenvalue weighted by molar-refractivity contribution is 7.99. The summed E-state index contributed by atoms with van der Waals surface area (Å²) in [5.41, 5.74) is 2.11. The van der Waals surface area contributed by atoms with Gasteiger partial charge in [0.15, 0.2) is 0 Å². The number of hydrogen-bond acceptors (Lipinski definition) is 3. The minimum atomic E-state index is -0.0960. The van der Waals surface area contributed by atoms with Crippen LogP contribution in [0.2, 0.25) is 0 Å². The van der Waals surface area contributed by atoms with E-state index >= 15 is 0 Å². The van der Waals surface area contributed by atoms with Gasteiger partial charge < -0.3 is 20.4 Å². The van der Waals surface area contributed by atoms with Gasteiger partial charge in [-0.2, -0.15) is 11.8 Å². The van der Waals surface area contributed by atoms with E-state index in [0.717, 1.165) is 42.8 Å². The van der Waals surface area contributed by atoms with Crippen LogP contribution in [-0.2, 0) is 11.3 Å².